The van der Waals surface area contributed by atoms with Crippen LogP contribution in [0.15, 0.2) is 54.6 Å². The average molecular weight is 298 g/mol. The summed E-state index contributed by atoms with van der Waals surface area (Å²) in [5, 5.41) is 9.34. The Kier molecular flexibility index (Phi) is 5.31. The van der Waals surface area contributed by atoms with E-state index in [1.165, 1.54) is 0 Å². The Bertz CT molecular complexity index is 632. The minimum atomic E-state index is -0.953. The molecule has 0 aromatic heterocycles. The summed E-state index contributed by atoms with van der Waals surface area (Å²) in [7, 11) is 1.55. The van der Waals surface area contributed by atoms with Crippen LogP contribution in [-0.4, -0.2) is 24.0 Å². The van der Waals surface area contributed by atoms with Crippen LogP contribution in [0.1, 0.15) is 22.3 Å². The number of Topliss-reactive ketones (excluding diaryl/α,β-unsaturated/α-hetero) is 1. The van der Waals surface area contributed by atoms with Gasteiger partial charge >= 0.3 is 5.97 Å². The molecular formula is C18H18O4. The van der Waals surface area contributed by atoms with Gasteiger partial charge in [0, 0.05) is 12.0 Å². The van der Waals surface area contributed by atoms with E-state index in [2.05, 4.69) is 0 Å². The van der Waals surface area contributed by atoms with E-state index in [0.717, 1.165) is 5.56 Å². The molecule has 2 rings (SSSR count). The zero-order chi connectivity index (χ0) is 15.9. The Balaban J connectivity index is 2.06. The van der Waals surface area contributed by atoms with Crippen molar-refractivity contribution >= 4 is 11.8 Å². The molecule has 1 N–H and O–H groups in total. The van der Waals surface area contributed by atoms with Crippen LogP contribution in [0.2, 0.25) is 0 Å². The van der Waals surface area contributed by atoms with Crippen molar-refractivity contribution in [1.29, 1.82) is 0 Å². The van der Waals surface area contributed by atoms with E-state index in [1.54, 1.807) is 31.4 Å². The van der Waals surface area contributed by atoms with Crippen molar-refractivity contribution in [2.75, 3.05) is 7.11 Å². The van der Waals surface area contributed by atoms with E-state index >= 15 is 0 Å². The molecule has 0 saturated heterocycles. The van der Waals surface area contributed by atoms with Crippen molar-refractivity contribution in [2.45, 2.75) is 12.8 Å². The number of rotatable bonds is 7. The lowest BCUT2D eigenvalue weighted by molar-refractivity contribution is -0.141. The number of carboxylic acids is 1. The summed E-state index contributed by atoms with van der Waals surface area (Å²) in [4.78, 5) is 23.6. The molecule has 0 saturated carbocycles. The van der Waals surface area contributed by atoms with E-state index in [4.69, 9.17) is 4.74 Å². The monoisotopic (exact) mass is 298 g/mol. The maximum atomic E-state index is 12.2. The number of carboxylic acid groups (broad SMARTS) is 1. The van der Waals surface area contributed by atoms with Crippen molar-refractivity contribution in [3.8, 4) is 5.75 Å². The molecule has 2 aromatic carbocycles. The molecule has 0 bridgehead atoms. The second-order valence-electron chi connectivity index (χ2n) is 5.08. The van der Waals surface area contributed by atoms with Gasteiger partial charge in [0.1, 0.15) is 5.75 Å². The molecule has 22 heavy (non-hydrogen) atoms. The number of carbonyl (C=O) groups excluding carboxylic acids is 1. The van der Waals surface area contributed by atoms with Gasteiger partial charge in [-0.25, -0.2) is 0 Å². The van der Waals surface area contributed by atoms with Crippen LogP contribution in [0.4, 0.5) is 0 Å². The predicted molar refractivity (Wildman–Crippen MR) is 83.2 cm³/mol. The molecule has 0 aliphatic carbocycles. The maximum Gasteiger partial charge on any atom is 0.307 e. The highest BCUT2D eigenvalue weighted by Gasteiger charge is 2.22. The van der Waals surface area contributed by atoms with Crippen LogP contribution in [0, 0.1) is 5.92 Å². The summed E-state index contributed by atoms with van der Waals surface area (Å²) in [5.74, 6) is -1.19. The summed E-state index contributed by atoms with van der Waals surface area (Å²) in [5.41, 5.74) is 1.41. The van der Waals surface area contributed by atoms with Gasteiger partial charge in [-0.3, -0.25) is 9.59 Å². The number of hydrogen-bond donors (Lipinski definition) is 1. The fourth-order valence-corrected chi connectivity index (χ4v) is 2.26. The molecule has 4 nitrogen and oxygen atoms in total. The molecule has 2 aromatic rings. The van der Waals surface area contributed by atoms with Gasteiger partial charge in [-0.2, -0.15) is 0 Å². The number of ketones is 1. The van der Waals surface area contributed by atoms with Crippen LogP contribution >= 0.6 is 0 Å². The van der Waals surface area contributed by atoms with Gasteiger partial charge in [0.2, 0.25) is 0 Å². The van der Waals surface area contributed by atoms with Gasteiger partial charge in [0.25, 0.3) is 0 Å². The van der Waals surface area contributed by atoms with E-state index in [-0.39, 0.29) is 12.2 Å². The molecule has 114 valence electrons. The van der Waals surface area contributed by atoms with E-state index in [1.807, 2.05) is 30.3 Å². The van der Waals surface area contributed by atoms with Gasteiger partial charge in [-0.1, -0.05) is 30.3 Å². The first-order valence-corrected chi connectivity index (χ1v) is 7.04. The Morgan fingerprint density at radius 2 is 1.68 bits per heavy atom. The quantitative estimate of drug-likeness (QED) is 0.797. The van der Waals surface area contributed by atoms with Crippen LogP contribution < -0.4 is 4.74 Å². The topological polar surface area (TPSA) is 63.6 Å². The van der Waals surface area contributed by atoms with Crippen molar-refractivity contribution in [1.82, 2.24) is 0 Å². The third kappa shape index (κ3) is 4.19. The second-order valence-corrected chi connectivity index (χ2v) is 5.08. The molecule has 0 fully saturated rings. The number of ether oxygens (including phenoxy) is 1. The molecule has 0 radical (unpaired) electrons. The lowest BCUT2D eigenvalue weighted by Gasteiger charge is -2.12. The van der Waals surface area contributed by atoms with Crippen molar-refractivity contribution in [3.63, 3.8) is 0 Å². The first-order valence-electron chi connectivity index (χ1n) is 7.04. The lowest BCUT2D eigenvalue weighted by Crippen LogP contribution is -2.20. The lowest BCUT2D eigenvalue weighted by atomic mass is 9.92. The Morgan fingerprint density at radius 1 is 1.05 bits per heavy atom. The summed E-state index contributed by atoms with van der Waals surface area (Å²) in [6.45, 7) is 0. The van der Waals surface area contributed by atoms with Crippen LogP contribution in [-0.2, 0) is 11.2 Å². The summed E-state index contributed by atoms with van der Waals surface area (Å²) >= 11 is 0. The number of aliphatic carboxylic acids is 1. The molecule has 0 unspecified atom stereocenters. The number of methoxy groups -OCH3 is 1. The predicted octanol–water partition coefficient (Wildman–Crippen LogP) is 3.21. The molecule has 0 heterocycles. The van der Waals surface area contributed by atoms with E-state index < -0.39 is 11.9 Å². The third-order valence-electron chi connectivity index (χ3n) is 3.52. The largest absolute Gasteiger partial charge is 0.497 e. The molecule has 0 aliphatic heterocycles. The van der Waals surface area contributed by atoms with E-state index in [9.17, 15) is 14.7 Å². The Morgan fingerprint density at radius 3 is 2.23 bits per heavy atom. The zero-order valence-electron chi connectivity index (χ0n) is 12.4. The van der Waals surface area contributed by atoms with Gasteiger partial charge < -0.3 is 9.84 Å². The van der Waals surface area contributed by atoms with Crippen LogP contribution in [0.25, 0.3) is 0 Å². The van der Waals surface area contributed by atoms with Gasteiger partial charge in [-0.05, 0) is 36.2 Å². The standard InChI is InChI=1S/C18H18O4/c1-22-16-9-7-14(8-10-16)17(19)12-15(18(20)21)11-13-5-3-2-4-6-13/h2-10,15H,11-12H2,1H3,(H,20,21)/t15-/m1/s1. The minimum absolute atomic E-state index is 0.0173. The molecule has 0 spiro atoms. The molecule has 4 heteroatoms. The molecule has 1 atom stereocenters. The molecule has 0 aliphatic rings. The summed E-state index contributed by atoms with van der Waals surface area (Å²) in [6, 6.07) is 16.0. The fraction of sp³-hybridized carbons (Fsp3) is 0.222. The van der Waals surface area contributed by atoms with Crippen LogP contribution in [0.3, 0.4) is 0 Å². The van der Waals surface area contributed by atoms with Gasteiger partial charge in [-0.15, -0.1) is 0 Å². The van der Waals surface area contributed by atoms with Crippen LogP contribution in [0.5, 0.6) is 5.75 Å². The summed E-state index contributed by atoms with van der Waals surface area (Å²) < 4.78 is 5.04. The smallest absolute Gasteiger partial charge is 0.307 e. The highest BCUT2D eigenvalue weighted by atomic mass is 16.5. The van der Waals surface area contributed by atoms with Crippen molar-refractivity contribution in [3.05, 3.63) is 65.7 Å². The second kappa shape index (κ2) is 7.41. The van der Waals surface area contributed by atoms with Crippen molar-refractivity contribution in [2.24, 2.45) is 5.92 Å². The first kappa shape index (κ1) is 15.8. The Labute approximate surface area is 129 Å². The first-order chi connectivity index (χ1) is 10.6. The Hall–Kier alpha value is -2.62. The number of hydrogen-bond acceptors (Lipinski definition) is 3. The minimum Gasteiger partial charge on any atom is -0.497 e. The highest BCUT2D eigenvalue weighted by molar-refractivity contribution is 5.98. The van der Waals surface area contributed by atoms with Gasteiger partial charge in [0.05, 0.1) is 13.0 Å². The zero-order valence-corrected chi connectivity index (χ0v) is 12.4. The van der Waals surface area contributed by atoms with Crippen molar-refractivity contribution < 1.29 is 19.4 Å². The average Bonchev–Trinajstić information content (AvgIpc) is 2.55. The molecular weight excluding hydrogens is 280 g/mol. The molecule has 0 amide bonds. The number of carbonyl (C=O) groups is 2. The summed E-state index contributed by atoms with van der Waals surface area (Å²) in [6.07, 6.45) is 0.328. The number of benzene rings is 2. The van der Waals surface area contributed by atoms with E-state index in [0.29, 0.717) is 17.7 Å². The fourth-order valence-electron chi connectivity index (χ4n) is 2.26. The van der Waals surface area contributed by atoms with Gasteiger partial charge in [0.15, 0.2) is 5.78 Å². The third-order valence-corrected chi connectivity index (χ3v) is 3.52. The SMILES string of the molecule is COc1ccc(C(=O)C[C@@H](Cc2ccccc2)C(=O)O)cc1. The highest BCUT2D eigenvalue weighted by Crippen LogP contribution is 2.18. The maximum absolute atomic E-state index is 12.2. The normalized spacial score (nSPS) is 11.7.